The summed E-state index contributed by atoms with van der Waals surface area (Å²) < 4.78 is 0. The second kappa shape index (κ2) is 17.7. The van der Waals surface area contributed by atoms with E-state index in [0.29, 0.717) is 0 Å². The zero-order valence-corrected chi connectivity index (χ0v) is 28.9. The molecule has 6 heterocycles. The summed E-state index contributed by atoms with van der Waals surface area (Å²) in [5, 5.41) is 0. The molecule has 0 aliphatic carbocycles. The average molecular weight is 584 g/mol. The van der Waals surface area contributed by atoms with Crippen molar-refractivity contribution in [2.24, 2.45) is 0 Å². The van der Waals surface area contributed by atoms with E-state index in [1.807, 2.05) is 5.47 Å². The van der Waals surface area contributed by atoms with Gasteiger partial charge in [0.1, 0.15) is 13.4 Å². The lowest BCUT2D eigenvalue weighted by atomic mass is 9.24. The molecule has 6 rings (SSSR count). The van der Waals surface area contributed by atoms with Crippen molar-refractivity contribution < 1.29 is 0 Å². The van der Waals surface area contributed by atoms with E-state index in [1.54, 1.807) is 115 Å². The molecule has 6 bridgehead atoms. The minimum absolute atomic E-state index is 0.989. The Morgan fingerprint density at radius 1 is 0.395 bits per heavy atom. The Bertz CT molecular complexity index is 757. The number of hydrogen-bond donors (Lipinski definition) is 0. The summed E-state index contributed by atoms with van der Waals surface area (Å²) in [4.78, 5) is 0. The third kappa shape index (κ3) is 9.27. The van der Waals surface area contributed by atoms with E-state index in [-0.39, 0.29) is 0 Å². The van der Waals surface area contributed by atoms with Crippen LogP contribution in [0.2, 0.25) is 47.5 Å². The molecule has 6 aliphatic heterocycles. The van der Waals surface area contributed by atoms with Crippen LogP contribution in [-0.4, -0.2) is 20.1 Å². The molecule has 0 amide bonds. The fourth-order valence-corrected chi connectivity index (χ4v) is 12.8. The Morgan fingerprint density at radius 2 is 0.744 bits per heavy atom. The summed E-state index contributed by atoms with van der Waals surface area (Å²) >= 11 is 0. The predicted molar refractivity (Wildman–Crippen MR) is 196 cm³/mol. The van der Waals surface area contributed by atoms with Crippen molar-refractivity contribution in [2.45, 2.75) is 240 Å². The fourth-order valence-electron chi connectivity index (χ4n) is 12.8. The van der Waals surface area contributed by atoms with Crippen molar-refractivity contribution in [3.63, 3.8) is 0 Å². The zero-order valence-electron chi connectivity index (χ0n) is 28.9. The van der Waals surface area contributed by atoms with Crippen molar-refractivity contribution in [2.75, 3.05) is 0 Å². The highest BCUT2D eigenvalue weighted by Gasteiger charge is 2.41. The standard InChI is InChI=1S/C40H71B3/c1(2-6-10-32-41-34-20-12-21-35(41)23-13-22-34)4-8-18-38(43-39-28-16-29-40(43)31-17-30-39)19-9-5-3-7-11-33-42-36-24-14-25-37(42)27-15-26-36/h18,34-37,39-40H,1-17,19-33H2/b38-18+. The Hall–Kier alpha value is -0.0652. The SMILES string of the molecule is C(/CCCCCCCB1C2CCCC1CCC2)=C(/CCCCCCCB1C2CCCC1CCC2)B1C2CCCC1CCC2. The van der Waals surface area contributed by atoms with Crippen LogP contribution in [0.4, 0.5) is 0 Å². The Labute approximate surface area is 271 Å². The first-order chi connectivity index (χ1) is 21.4. The number of fused-ring (bicyclic) bond motifs is 6. The molecule has 0 spiro atoms. The number of unbranched alkanes of at least 4 members (excludes halogenated alkanes) is 9. The predicted octanol–water partition coefficient (Wildman–Crippen LogP) is 13.9. The van der Waals surface area contributed by atoms with Gasteiger partial charge in [-0.1, -0.05) is 227 Å². The van der Waals surface area contributed by atoms with Gasteiger partial charge in [-0.05, 0) is 19.3 Å². The lowest BCUT2D eigenvalue weighted by molar-refractivity contribution is 0.439. The van der Waals surface area contributed by atoms with Crippen LogP contribution >= 0.6 is 0 Å². The summed E-state index contributed by atoms with van der Waals surface area (Å²) in [6, 6.07) is 0. The van der Waals surface area contributed by atoms with Gasteiger partial charge in [0.25, 0.3) is 0 Å². The second-order valence-corrected chi connectivity index (χ2v) is 17.4. The molecule has 0 aromatic heterocycles. The molecule has 43 heavy (non-hydrogen) atoms. The first kappa shape index (κ1) is 32.9. The van der Waals surface area contributed by atoms with E-state index in [2.05, 4.69) is 6.08 Å². The van der Waals surface area contributed by atoms with E-state index in [9.17, 15) is 0 Å². The summed E-state index contributed by atoms with van der Waals surface area (Å²) in [5.41, 5.74) is 1.97. The maximum absolute atomic E-state index is 2.84. The Morgan fingerprint density at radius 3 is 1.19 bits per heavy atom. The van der Waals surface area contributed by atoms with Gasteiger partial charge in [0, 0.05) is 0 Å². The van der Waals surface area contributed by atoms with Crippen molar-refractivity contribution in [3.8, 4) is 0 Å². The van der Waals surface area contributed by atoms with Gasteiger partial charge in [-0.25, -0.2) is 0 Å². The Balaban J connectivity index is 0.879. The second-order valence-electron chi connectivity index (χ2n) is 17.4. The molecular weight excluding hydrogens is 513 g/mol. The van der Waals surface area contributed by atoms with Crippen LogP contribution < -0.4 is 0 Å². The molecule has 6 fully saturated rings. The van der Waals surface area contributed by atoms with E-state index >= 15 is 0 Å². The molecule has 3 heteroatoms. The molecule has 0 saturated carbocycles. The van der Waals surface area contributed by atoms with Gasteiger partial charge in [0.15, 0.2) is 6.71 Å². The topological polar surface area (TPSA) is 0 Å². The van der Waals surface area contributed by atoms with Gasteiger partial charge in [-0.2, -0.15) is 0 Å². The summed E-state index contributed by atoms with van der Waals surface area (Å²) in [6.45, 7) is 3.24. The highest BCUT2D eigenvalue weighted by Crippen LogP contribution is 2.51. The summed E-state index contributed by atoms with van der Waals surface area (Å²) in [7, 11) is 0. The number of rotatable bonds is 17. The molecule has 0 aromatic rings. The van der Waals surface area contributed by atoms with Crippen LogP contribution in [0.5, 0.6) is 0 Å². The third-order valence-corrected chi connectivity index (χ3v) is 14.9. The quantitative estimate of drug-likeness (QED) is 0.118. The van der Waals surface area contributed by atoms with Gasteiger partial charge in [0.2, 0.25) is 0 Å². The molecule has 0 atom stereocenters. The number of allylic oxidation sites excluding steroid dienone is 2. The van der Waals surface area contributed by atoms with Crippen molar-refractivity contribution in [3.05, 3.63) is 11.5 Å². The molecule has 6 aliphatic rings. The molecule has 0 unspecified atom stereocenters. The fraction of sp³-hybridized carbons (Fsp3) is 0.950. The lowest BCUT2D eigenvalue weighted by Crippen LogP contribution is -2.36. The van der Waals surface area contributed by atoms with Gasteiger partial charge in [-0.15, -0.1) is 5.47 Å². The minimum Gasteiger partial charge on any atom is -0.104 e. The van der Waals surface area contributed by atoms with Crippen LogP contribution in [0, 0.1) is 0 Å². The van der Waals surface area contributed by atoms with Crippen LogP contribution in [0.1, 0.15) is 193 Å². The van der Waals surface area contributed by atoms with Crippen LogP contribution in [-0.2, 0) is 0 Å². The highest BCUT2D eigenvalue weighted by molar-refractivity contribution is 6.70. The molecule has 6 saturated heterocycles. The van der Waals surface area contributed by atoms with Gasteiger partial charge < -0.3 is 0 Å². The van der Waals surface area contributed by atoms with Crippen molar-refractivity contribution >= 4 is 20.1 Å². The van der Waals surface area contributed by atoms with Gasteiger partial charge >= 0.3 is 0 Å². The van der Waals surface area contributed by atoms with Crippen LogP contribution in [0.25, 0.3) is 0 Å². The van der Waals surface area contributed by atoms with E-state index in [0.717, 1.165) is 55.0 Å². The van der Waals surface area contributed by atoms with E-state index < -0.39 is 0 Å². The molecule has 240 valence electrons. The van der Waals surface area contributed by atoms with Crippen molar-refractivity contribution in [1.29, 1.82) is 0 Å². The van der Waals surface area contributed by atoms with Gasteiger partial charge in [0.05, 0.1) is 0 Å². The number of hydrogen-bond acceptors (Lipinski definition) is 0. The molecule has 0 radical (unpaired) electrons. The summed E-state index contributed by atoms with van der Waals surface area (Å²) in [6.07, 6.45) is 51.9. The highest BCUT2D eigenvalue weighted by atomic mass is 14.3. The zero-order chi connectivity index (χ0) is 29.1. The molecule has 0 N–H and O–H groups in total. The average Bonchev–Trinajstić information content (AvgIpc) is 3.00. The van der Waals surface area contributed by atoms with E-state index in [1.165, 1.54) is 89.9 Å². The normalized spacial score (nSPS) is 32.7. The molecule has 0 nitrogen and oxygen atoms in total. The van der Waals surface area contributed by atoms with Crippen LogP contribution in [0.3, 0.4) is 0 Å². The van der Waals surface area contributed by atoms with Crippen molar-refractivity contribution in [1.82, 2.24) is 0 Å². The largest absolute Gasteiger partial charge is 0.176 e. The first-order valence-corrected chi connectivity index (χ1v) is 21.1. The first-order valence-electron chi connectivity index (χ1n) is 21.1. The lowest BCUT2D eigenvalue weighted by Gasteiger charge is -2.42. The smallest absolute Gasteiger partial charge is 0.104 e. The molecular formula is C40H71B3. The molecule has 0 aromatic carbocycles. The Kier molecular flexibility index (Phi) is 13.6. The minimum atomic E-state index is 0.989. The maximum atomic E-state index is 2.84. The van der Waals surface area contributed by atoms with Gasteiger partial charge in [-0.3, -0.25) is 0 Å². The third-order valence-electron chi connectivity index (χ3n) is 14.9. The van der Waals surface area contributed by atoms with Crippen LogP contribution in [0.15, 0.2) is 11.5 Å². The monoisotopic (exact) mass is 585 g/mol. The summed E-state index contributed by atoms with van der Waals surface area (Å²) in [5.74, 6) is 6.59. The van der Waals surface area contributed by atoms with E-state index in [4.69, 9.17) is 0 Å². The maximum Gasteiger partial charge on any atom is 0.176 e.